The Morgan fingerprint density at radius 3 is 0.707 bits per heavy atom. The summed E-state index contributed by atoms with van der Waals surface area (Å²) < 4.78 is 18.8. The molecular formula is C130H82O3. The average Bonchev–Trinajstić information content (AvgIpc) is 1.73. The molecule has 0 aliphatic carbocycles. The minimum Gasteiger partial charge on any atom is -0.456 e. The van der Waals surface area contributed by atoms with Crippen molar-refractivity contribution < 1.29 is 13.3 Å². The van der Waals surface area contributed by atoms with Crippen LogP contribution in [0.2, 0.25) is 0 Å². The van der Waals surface area contributed by atoms with E-state index in [4.69, 9.17) is 13.3 Å². The first kappa shape index (κ1) is 77.8. The van der Waals surface area contributed by atoms with Gasteiger partial charge in [0.1, 0.15) is 33.5 Å². The maximum Gasteiger partial charge on any atom is 0.136 e. The van der Waals surface area contributed by atoms with Gasteiger partial charge in [-0.1, -0.05) is 455 Å². The van der Waals surface area contributed by atoms with E-state index in [1.807, 2.05) is 24.3 Å². The Kier molecular flexibility index (Phi) is 19.3. The minimum atomic E-state index is 0.904. The monoisotopic (exact) mass is 1690 g/mol. The summed E-state index contributed by atoms with van der Waals surface area (Å²) in [6.45, 7) is 0. The van der Waals surface area contributed by atoms with E-state index in [0.29, 0.717) is 0 Å². The number of benzene rings is 24. The molecule has 27 aromatic rings. The standard InChI is InChI=1S/C48H30O.C44H28O.C38H24O/c1-2-14-33(15-3-1)45-38-18-6-8-20-40(38)46(41-21-9-7-19-39(41)45)34-27-25-32(26-28-34)36-29-30-44-48(42-22-10-11-24-43(42)49-44)47(36)37-23-12-16-31-13-4-5-17-35(31)37;1-3-13-30(14-4-1)41-34-17-7-9-19-36(34)42(37-20-10-8-18-35(37)41)32-25-23-29(24-26-32)33-27-28-40-44(38-21-11-12-22-39(38)45-40)43(33)31-15-5-2-6-16-31;1-2-10-26(11-3-1)37-30-13-4-6-15-32(30)38(33-16-7-5-14-31(33)37)27-20-18-25(19-21-27)28-22-23-36-34(24-28)29-12-8-9-17-35(29)39-36/h1-30H;1-28H;1-24H. The maximum atomic E-state index is 6.42. The van der Waals surface area contributed by atoms with Crippen molar-refractivity contribution in [2.24, 2.45) is 0 Å². The normalized spacial score (nSPS) is 11.6. The van der Waals surface area contributed by atoms with Crippen LogP contribution in [0.3, 0.4) is 0 Å². The summed E-state index contributed by atoms with van der Waals surface area (Å²) in [4.78, 5) is 0. The fourth-order valence-corrected chi connectivity index (χ4v) is 21.2. The molecule has 0 spiro atoms. The van der Waals surface area contributed by atoms with E-state index >= 15 is 0 Å². The van der Waals surface area contributed by atoms with Crippen molar-refractivity contribution in [2.45, 2.75) is 0 Å². The Bertz CT molecular complexity index is 9030. The zero-order valence-electron chi connectivity index (χ0n) is 72.6. The van der Waals surface area contributed by atoms with Crippen molar-refractivity contribution in [1.29, 1.82) is 0 Å². The first-order valence-electron chi connectivity index (χ1n) is 45.7. The molecule has 0 atom stereocenters. The number of para-hydroxylation sites is 3. The average molecular weight is 1690 g/mol. The van der Waals surface area contributed by atoms with Crippen molar-refractivity contribution in [3.05, 3.63) is 497 Å². The summed E-state index contributed by atoms with van der Waals surface area (Å²) in [5.41, 5.74) is 32.5. The lowest BCUT2D eigenvalue weighted by atomic mass is 9.85. The number of hydrogen-bond acceptors (Lipinski definition) is 3. The molecule has 3 heteroatoms. The van der Waals surface area contributed by atoms with E-state index in [0.717, 1.165) is 65.8 Å². The van der Waals surface area contributed by atoms with Crippen molar-refractivity contribution in [3.8, 4) is 122 Å². The van der Waals surface area contributed by atoms with Crippen LogP contribution in [-0.4, -0.2) is 0 Å². The highest BCUT2D eigenvalue weighted by atomic mass is 16.3. The van der Waals surface area contributed by atoms with Gasteiger partial charge in [-0.25, -0.2) is 0 Å². The number of furan rings is 3. The van der Waals surface area contributed by atoms with Gasteiger partial charge in [-0.05, 0) is 229 Å². The van der Waals surface area contributed by atoms with Gasteiger partial charge < -0.3 is 13.3 Å². The Morgan fingerprint density at radius 1 is 0.105 bits per heavy atom. The lowest BCUT2D eigenvalue weighted by molar-refractivity contribution is 0.668. The minimum absolute atomic E-state index is 0.904. The molecule has 24 aromatic carbocycles. The molecule has 0 unspecified atom stereocenters. The molecule has 0 fully saturated rings. The molecule has 0 saturated carbocycles. The number of hydrogen-bond donors (Lipinski definition) is 0. The van der Waals surface area contributed by atoms with Crippen molar-refractivity contribution in [2.75, 3.05) is 0 Å². The predicted octanol–water partition coefficient (Wildman–Crippen LogP) is 37.2. The lowest BCUT2D eigenvalue weighted by Crippen LogP contribution is -1.91. The molecule has 620 valence electrons. The van der Waals surface area contributed by atoms with Crippen LogP contribution in [-0.2, 0) is 0 Å². The van der Waals surface area contributed by atoms with Crippen LogP contribution in [0.1, 0.15) is 0 Å². The van der Waals surface area contributed by atoms with Crippen LogP contribution in [0.15, 0.2) is 511 Å². The summed E-state index contributed by atoms with van der Waals surface area (Å²) in [6.07, 6.45) is 0. The van der Waals surface area contributed by atoms with Gasteiger partial charge in [-0.15, -0.1) is 0 Å². The van der Waals surface area contributed by atoms with Crippen LogP contribution < -0.4 is 0 Å². The molecule has 0 aliphatic rings. The zero-order valence-corrected chi connectivity index (χ0v) is 72.6. The second-order valence-corrected chi connectivity index (χ2v) is 34.5. The Morgan fingerprint density at radius 2 is 0.338 bits per heavy atom. The third-order valence-electron chi connectivity index (χ3n) is 27.0. The molecule has 3 heterocycles. The van der Waals surface area contributed by atoms with Crippen LogP contribution in [0.4, 0.5) is 0 Å². The highest BCUT2D eigenvalue weighted by Crippen LogP contribution is 2.52. The van der Waals surface area contributed by atoms with Gasteiger partial charge in [0.25, 0.3) is 0 Å². The van der Waals surface area contributed by atoms with Crippen molar-refractivity contribution in [1.82, 2.24) is 0 Å². The first-order chi connectivity index (χ1) is 66.0. The Hall–Kier alpha value is -17.5. The van der Waals surface area contributed by atoms with Gasteiger partial charge in [-0.3, -0.25) is 0 Å². The second kappa shape index (κ2) is 33.0. The van der Waals surface area contributed by atoms with E-state index < -0.39 is 0 Å². The second-order valence-electron chi connectivity index (χ2n) is 34.5. The van der Waals surface area contributed by atoms with Gasteiger partial charge in [-0.2, -0.15) is 0 Å². The molecule has 0 N–H and O–H groups in total. The van der Waals surface area contributed by atoms with Crippen molar-refractivity contribution in [3.63, 3.8) is 0 Å². The third-order valence-corrected chi connectivity index (χ3v) is 27.0. The molecule has 0 aliphatic heterocycles. The SMILES string of the molecule is c1ccc(-c2c3ccccc3c(-c3ccc(-c4ccc5oc6ccccc6c5c4)cc3)c3ccccc23)cc1.c1ccc(-c2c3ccccc3c(-c3ccc(-c4ccc5oc6ccccc6c5c4-c4cccc5ccccc45)cc3)c3ccccc23)cc1.c1ccc(-c2c3ccccc3c(-c3ccc(-c4ccc5oc6ccccc6c5c4-c4ccccc4)cc3)c3ccccc23)cc1. The largest absolute Gasteiger partial charge is 0.456 e. The van der Waals surface area contributed by atoms with E-state index in [1.165, 1.54) is 198 Å². The molecule has 133 heavy (non-hydrogen) atoms. The maximum absolute atomic E-state index is 6.42. The van der Waals surface area contributed by atoms with E-state index in [2.05, 4.69) is 473 Å². The summed E-state index contributed by atoms with van der Waals surface area (Å²) in [5, 5.41) is 24.6. The third kappa shape index (κ3) is 13.5. The summed E-state index contributed by atoms with van der Waals surface area (Å²) in [7, 11) is 0. The fourth-order valence-electron chi connectivity index (χ4n) is 21.2. The highest BCUT2D eigenvalue weighted by Gasteiger charge is 2.26. The smallest absolute Gasteiger partial charge is 0.136 e. The van der Waals surface area contributed by atoms with Gasteiger partial charge >= 0.3 is 0 Å². The van der Waals surface area contributed by atoms with Gasteiger partial charge in [0, 0.05) is 43.4 Å². The summed E-state index contributed by atoms with van der Waals surface area (Å²) in [6, 6.07) is 179. The van der Waals surface area contributed by atoms with Gasteiger partial charge in [0.15, 0.2) is 0 Å². The lowest BCUT2D eigenvalue weighted by Gasteiger charge is -2.18. The van der Waals surface area contributed by atoms with Crippen LogP contribution in [0, 0.1) is 0 Å². The molecule has 27 rings (SSSR count). The predicted molar refractivity (Wildman–Crippen MR) is 563 cm³/mol. The Labute approximate surface area is 768 Å². The van der Waals surface area contributed by atoms with Crippen LogP contribution in [0.5, 0.6) is 0 Å². The first-order valence-corrected chi connectivity index (χ1v) is 45.7. The quantitative estimate of drug-likeness (QED) is 0.121. The molecular weight excluding hydrogens is 1610 g/mol. The Balaban J connectivity index is 0.000000108. The molecule has 0 amide bonds. The number of rotatable bonds is 11. The molecule has 3 aromatic heterocycles. The molecule has 0 radical (unpaired) electrons. The summed E-state index contributed by atoms with van der Waals surface area (Å²) >= 11 is 0. The molecule has 0 saturated heterocycles. The van der Waals surface area contributed by atoms with E-state index in [-0.39, 0.29) is 0 Å². The van der Waals surface area contributed by atoms with Crippen LogP contribution in [0.25, 0.3) is 264 Å². The van der Waals surface area contributed by atoms with Gasteiger partial charge in [0.2, 0.25) is 0 Å². The number of fused-ring (bicyclic) bond motifs is 16. The zero-order chi connectivity index (χ0) is 87.8. The molecule has 0 bridgehead atoms. The highest BCUT2D eigenvalue weighted by molar-refractivity contribution is 6.26. The topological polar surface area (TPSA) is 39.4 Å². The van der Waals surface area contributed by atoms with E-state index in [9.17, 15) is 0 Å². The van der Waals surface area contributed by atoms with Crippen molar-refractivity contribution >= 4 is 141 Å². The summed E-state index contributed by atoms with van der Waals surface area (Å²) in [5.74, 6) is 0. The molecule has 3 nitrogen and oxygen atoms in total. The van der Waals surface area contributed by atoms with E-state index in [1.54, 1.807) is 0 Å². The van der Waals surface area contributed by atoms with Crippen LogP contribution >= 0.6 is 0 Å². The van der Waals surface area contributed by atoms with Gasteiger partial charge in [0.05, 0.1) is 0 Å². The fraction of sp³-hybridized carbons (Fsp3) is 0.